The number of aliphatic hydroxyl groups is 3. The first-order chi connectivity index (χ1) is 5.54. The number of hydrogen-bond acceptors (Lipinski definition) is 6. The summed E-state index contributed by atoms with van der Waals surface area (Å²) < 4.78 is 0. The lowest BCUT2D eigenvalue weighted by Gasteiger charge is -2.24. The Morgan fingerprint density at radius 3 is 2.08 bits per heavy atom. The molecule has 6 heteroatoms. The Labute approximate surface area is 69.4 Å². The minimum atomic E-state index is -1.62. The highest BCUT2D eigenvalue weighted by atomic mass is 16.5. The summed E-state index contributed by atoms with van der Waals surface area (Å²) in [4.78, 5) is 9.99. The Morgan fingerprint density at radius 2 is 1.83 bits per heavy atom. The van der Waals surface area contributed by atoms with Gasteiger partial charge in [-0.15, -0.1) is 0 Å². The molecular formula is C6H13NO5. The molecule has 4 atom stereocenters. The number of rotatable bonds is 5. The summed E-state index contributed by atoms with van der Waals surface area (Å²) in [6.45, 7) is 1.30. The van der Waals surface area contributed by atoms with Gasteiger partial charge >= 0.3 is 0 Å². The van der Waals surface area contributed by atoms with Gasteiger partial charge in [0.1, 0.15) is 12.2 Å². The SMILES string of the molecule is C[C@@H](O)[C@@H](NO)[C@H](O)[C@@H](O)C=O. The molecule has 0 radical (unpaired) electrons. The van der Waals surface area contributed by atoms with Gasteiger partial charge < -0.3 is 25.3 Å². The maximum Gasteiger partial charge on any atom is 0.151 e. The number of aliphatic hydroxyl groups excluding tert-OH is 3. The lowest BCUT2D eigenvalue weighted by molar-refractivity contribution is -0.125. The van der Waals surface area contributed by atoms with Crippen molar-refractivity contribution in [1.29, 1.82) is 0 Å². The van der Waals surface area contributed by atoms with Crippen LogP contribution in [0.3, 0.4) is 0 Å². The largest absolute Gasteiger partial charge is 0.392 e. The highest BCUT2D eigenvalue weighted by Gasteiger charge is 2.29. The van der Waals surface area contributed by atoms with Gasteiger partial charge in [0.25, 0.3) is 0 Å². The van der Waals surface area contributed by atoms with Crippen molar-refractivity contribution in [3.63, 3.8) is 0 Å². The molecule has 0 saturated heterocycles. The molecule has 0 saturated carbocycles. The van der Waals surface area contributed by atoms with Crippen molar-refractivity contribution >= 4 is 6.29 Å². The molecule has 0 aromatic rings. The molecule has 0 spiro atoms. The predicted octanol–water partition coefficient (Wildman–Crippen LogP) is -2.36. The third-order valence-electron chi connectivity index (χ3n) is 1.53. The zero-order valence-electron chi connectivity index (χ0n) is 6.58. The van der Waals surface area contributed by atoms with E-state index in [0.717, 1.165) is 0 Å². The highest BCUT2D eigenvalue weighted by molar-refractivity contribution is 5.56. The van der Waals surface area contributed by atoms with Crippen LogP contribution in [0.25, 0.3) is 0 Å². The van der Waals surface area contributed by atoms with Crippen LogP contribution in [0.1, 0.15) is 6.92 Å². The molecule has 0 aliphatic heterocycles. The molecule has 0 aliphatic carbocycles. The van der Waals surface area contributed by atoms with E-state index in [2.05, 4.69) is 0 Å². The minimum absolute atomic E-state index is 0.122. The van der Waals surface area contributed by atoms with Crippen LogP contribution in [0.4, 0.5) is 0 Å². The van der Waals surface area contributed by atoms with Crippen molar-refractivity contribution in [2.45, 2.75) is 31.3 Å². The first kappa shape index (κ1) is 11.5. The van der Waals surface area contributed by atoms with E-state index in [9.17, 15) is 4.79 Å². The quantitative estimate of drug-likeness (QED) is 0.238. The second-order valence-electron chi connectivity index (χ2n) is 2.51. The zero-order chi connectivity index (χ0) is 9.72. The van der Waals surface area contributed by atoms with Crippen LogP contribution in [0, 0.1) is 0 Å². The first-order valence-electron chi connectivity index (χ1n) is 3.43. The molecule has 5 N–H and O–H groups in total. The molecule has 0 heterocycles. The Morgan fingerprint density at radius 1 is 1.33 bits per heavy atom. The summed E-state index contributed by atoms with van der Waals surface area (Å²) in [7, 11) is 0. The molecule has 0 amide bonds. The Hall–Kier alpha value is -0.530. The molecule has 0 bridgehead atoms. The molecule has 0 rings (SSSR count). The van der Waals surface area contributed by atoms with Gasteiger partial charge in [0.2, 0.25) is 0 Å². The fourth-order valence-corrected chi connectivity index (χ4v) is 0.763. The van der Waals surface area contributed by atoms with Gasteiger partial charge in [-0.25, -0.2) is 0 Å². The third-order valence-corrected chi connectivity index (χ3v) is 1.53. The van der Waals surface area contributed by atoms with Crippen LogP contribution in [0.5, 0.6) is 0 Å². The molecule has 0 aromatic carbocycles. The average Bonchev–Trinajstić information content (AvgIpc) is 2.03. The molecule has 12 heavy (non-hydrogen) atoms. The third kappa shape index (κ3) is 2.84. The maximum absolute atomic E-state index is 9.99. The Balaban J connectivity index is 4.19. The lowest BCUT2D eigenvalue weighted by Crippen LogP contribution is -2.51. The summed E-state index contributed by atoms with van der Waals surface area (Å²) in [5.74, 6) is 0. The van der Waals surface area contributed by atoms with E-state index in [0.29, 0.717) is 0 Å². The average molecular weight is 179 g/mol. The van der Waals surface area contributed by atoms with Gasteiger partial charge in [-0.3, -0.25) is 0 Å². The number of carbonyl (C=O) groups is 1. The number of aldehydes is 1. The topological polar surface area (TPSA) is 110 Å². The van der Waals surface area contributed by atoms with Crippen LogP contribution in [-0.2, 0) is 4.79 Å². The van der Waals surface area contributed by atoms with E-state index in [-0.39, 0.29) is 6.29 Å². The Kier molecular flexibility index (Phi) is 4.95. The van der Waals surface area contributed by atoms with Crippen LogP contribution in [0.2, 0.25) is 0 Å². The molecule has 72 valence electrons. The van der Waals surface area contributed by atoms with Crippen molar-refractivity contribution in [3.05, 3.63) is 0 Å². The molecule has 0 fully saturated rings. The van der Waals surface area contributed by atoms with Gasteiger partial charge in [-0.05, 0) is 6.92 Å². The molecular weight excluding hydrogens is 166 g/mol. The maximum atomic E-state index is 9.99. The first-order valence-corrected chi connectivity index (χ1v) is 3.43. The lowest BCUT2D eigenvalue weighted by atomic mass is 10.0. The van der Waals surface area contributed by atoms with E-state index < -0.39 is 24.4 Å². The summed E-state index contributed by atoms with van der Waals surface area (Å²) in [6.07, 6.45) is -4.12. The van der Waals surface area contributed by atoms with Crippen molar-refractivity contribution in [2.75, 3.05) is 0 Å². The zero-order valence-corrected chi connectivity index (χ0v) is 6.58. The molecule has 0 aromatic heterocycles. The van der Waals surface area contributed by atoms with Gasteiger partial charge in [-0.2, -0.15) is 5.48 Å². The summed E-state index contributed by atoms with van der Waals surface area (Å²) >= 11 is 0. The van der Waals surface area contributed by atoms with Gasteiger partial charge in [-0.1, -0.05) is 0 Å². The monoisotopic (exact) mass is 179 g/mol. The van der Waals surface area contributed by atoms with Gasteiger partial charge in [0.15, 0.2) is 6.29 Å². The van der Waals surface area contributed by atoms with Crippen LogP contribution in [-0.4, -0.2) is 51.2 Å². The number of carbonyl (C=O) groups excluding carboxylic acids is 1. The summed E-state index contributed by atoms with van der Waals surface area (Å²) in [5.41, 5.74) is 1.60. The number of hydrogen-bond donors (Lipinski definition) is 5. The van der Waals surface area contributed by atoms with E-state index in [1.165, 1.54) is 6.92 Å². The van der Waals surface area contributed by atoms with Gasteiger partial charge in [0.05, 0.1) is 12.1 Å². The van der Waals surface area contributed by atoms with Crippen molar-refractivity contribution < 1.29 is 25.3 Å². The van der Waals surface area contributed by atoms with Crippen LogP contribution >= 0.6 is 0 Å². The smallest absolute Gasteiger partial charge is 0.151 e. The van der Waals surface area contributed by atoms with E-state index in [1.807, 2.05) is 0 Å². The molecule has 6 nitrogen and oxygen atoms in total. The fraction of sp³-hybridized carbons (Fsp3) is 0.833. The van der Waals surface area contributed by atoms with E-state index in [4.69, 9.17) is 20.5 Å². The second kappa shape index (κ2) is 5.18. The van der Waals surface area contributed by atoms with Crippen molar-refractivity contribution in [3.8, 4) is 0 Å². The second-order valence-corrected chi connectivity index (χ2v) is 2.51. The van der Waals surface area contributed by atoms with Crippen molar-refractivity contribution in [2.24, 2.45) is 0 Å². The number of hydroxylamine groups is 1. The van der Waals surface area contributed by atoms with Crippen molar-refractivity contribution in [1.82, 2.24) is 5.48 Å². The molecule has 0 aliphatic rings. The summed E-state index contributed by atoms with van der Waals surface area (Å²) in [5, 5.41) is 35.2. The summed E-state index contributed by atoms with van der Waals surface area (Å²) in [6, 6.07) is -1.15. The normalized spacial score (nSPS) is 21.1. The van der Waals surface area contributed by atoms with E-state index >= 15 is 0 Å². The highest BCUT2D eigenvalue weighted by Crippen LogP contribution is 2.02. The fourth-order valence-electron chi connectivity index (χ4n) is 0.763. The van der Waals surface area contributed by atoms with Gasteiger partial charge in [0, 0.05) is 0 Å². The molecule has 0 unspecified atom stereocenters. The van der Waals surface area contributed by atoms with Crippen LogP contribution < -0.4 is 5.48 Å². The minimum Gasteiger partial charge on any atom is -0.392 e. The predicted molar refractivity (Wildman–Crippen MR) is 38.5 cm³/mol. The Bertz CT molecular complexity index is 140. The number of nitrogens with one attached hydrogen (secondary N) is 1. The standard InChI is InChI=1S/C6H13NO5/c1-3(9)5(7-12)6(11)4(10)2-8/h2-7,9-12H,1H3/t3-,4+,5-,6-/m1/s1. The van der Waals surface area contributed by atoms with E-state index in [1.54, 1.807) is 5.48 Å². The van der Waals surface area contributed by atoms with Crippen LogP contribution in [0.15, 0.2) is 0 Å².